The van der Waals surface area contributed by atoms with Crippen LogP contribution in [-0.2, 0) is 65.4 Å². The fraction of sp³-hybridized carbons (Fsp3) is 0.570. The maximum atomic E-state index is 13.1. The molecule has 5 unspecified atom stereocenters. The SMILES string of the molecule is CC/C=C\C/C=C\C/C=C\C/C=C\C/C=C\C/C=C\CCC(=O)OCC(COP(=O)(O)OCC(O)COP(=O)(O)OCC(COC(=O)CCCCCCCC/C=C\C/C=C\C/C=C\C/C=C\CC)OC(=O)CCC/C=C\C/C=C\C/C=C\C/C=C\C/C=C\CC)OC(=O)CCCCCCCCC/C=C\C/C=C\C/C=C\CC. The van der Waals surface area contributed by atoms with Crippen molar-refractivity contribution in [2.75, 3.05) is 39.6 Å². The molecule has 17 nitrogen and oxygen atoms in total. The predicted octanol–water partition coefficient (Wildman–Crippen LogP) is 25.2. The molecule has 0 saturated carbocycles. The number of aliphatic hydroxyl groups excluding tert-OH is 1. The van der Waals surface area contributed by atoms with E-state index in [1.165, 1.54) is 0 Å². The first-order chi connectivity index (χ1) is 54.7. The van der Waals surface area contributed by atoms with Gasteiger partial charge in [-0.2, -0.15) is 0 Å². The molecule has 3 N–H and O–H groups in total. The molecule has 0 aromatic rings. The van der Waals surface area contributed by atoms with Crippen LogP contribution in [0.5, 0.6) is 0 Å². The standard InChI is InChI=1S/C93H146O17P2/c1-5-9-13-17-21-25-29-33-37-41-43-47-49-53-57-61-65-69-73-77-90(95)103-83-88(109-92(97)79-75-71-67-63-59-55-51-45-39-35-31-27-23-19-15-11-7-3)85-107-111(99,100)105-81-87(94)82-106-112(101,102)108-86-89(110-93(98)80-76-72-68-64-60-56-52-46-40-36-32-28-24-20-16-12-8-4)84-104-91(96)78-74-70-66-62-58-54-50-48-44-42-38-34-30-26-22-18-14-10-6-2/h9-16,21-28,33-40,43-44,47-48,51,54-55,58,63,66-67,70,87-89,94H,5-8,17-20,29-32,41-42,45-46,49-50,52-53,56-57,59-62,64-65,68-69,71-86H2,1-4H3,(H,99,100)(H,101,102)/b13-9-,14-10-,15-11-,16-12-,25-21-,26-22-,27-23-,28-24-,37-33-,38-34-,39-35-,40-36-,47-43-,48-44-,55-51-,58-54-,67-63-,70-66-. The number of hydrogen-bond donors (Lipinski definition) is 3. The maximum absolute atomic E-state index is 13.1. The first-order valence-corrected chi connectivity index (χ1v) is 45.0. The summed E-state index contributed by atoms with van der Waals surface area (Å²) in [6.45, 7) is 4.23. The van der Waals surface area contributed by atoms with Gasteiger partial charge in [-0.15, -0.1) is 0 Å². The third-order valence-electron chi connectivity index (χ3n) is 16.4. The lowest BCUT2D eigenvalue weighted by molar-refractivity contribution is -0.161. The monoisotopic (exact) mass is 1600 g/mol. The fourth-order valence-electron chi connectivity index (χ4n) is 10.2. The second kappa shape index (κ2) is 82.4. The van der Waals surface area contributed by atoms with Gasteiger partial charge in [-0.05, 0) is 173 Å². The maximum Gasteiger partial charge on any atom is 0.472 e. The van der Waals surface area contributed by atoms with E-state index in [2.05, 4.69) is 216 Å². The van der Waals surface area contributed by atoms with Crippen LogP contribution in [0, 0.1) is 0 Å². The van der Waals surface area contributed by atoms with E-state index in [4.69, 9.17) is 37.0 Å². The lowest BCUT2D eigenvalue weighted by Gasteiger charge is -2.21. The molecule has 0 bridgehead atoms. The fourth-order valence-corrected chi connectivity index (χ4v) is 11.8. The Morgan fingerprint density at radius 3 is 0.759 bits per heavy atom. The Bertz CT molecular complexity index is 2980. The van der Waals surface area contributed by atoms with Crippen molar-refractivity contribution >= 4 is 39.5 Å². The first-order valence-electron chi connectivity index (χ1n) is 42.0. The van der Waals surface area contributed by atoms with Crippen molar-refractivity contribution in [3.05, 3.63) is 219 Å². The van der Waals surface area contributed by atoms with Crippen LogP contribution in [0.2, 0.25) is 0 Å². The molecule has 0 heterocycles. The van der Waals surface area contributed by atoms with Crippen LogP contribution in [0.1, 0.15) is 285 Å². The van der Waals surface area contributed by atoms with Gasteiger partial charge in [-0.3, -0.25) is 37.3 Å². The second-order valence-corrected chi connectivity index (χ2v) is 29.8. The number of hydrogen-bond acceptors (Lipinski definition) is 15. The van der Waals surface area contributed by atoms with E-state index in [9.17, 15) is 43.2 Å². The van der Waals surface area contributed by atoms with Gasteiger partial charge >= 0.3 is 39.5 Å². The van der Waals surface area contributed by atoms with E-state index in [1.54, 1.807) is 0 Å². The number of allylic oxidation sites excluding steroid dienone is 36. The third-order valence-corrected chi connectivity index (χ3v) is 18.3. The molecule has 0 spiro atoms. The molecule has 0 aliphatic heterocycles. The van der Waals surface area contributed by atoms with Crippen molar-refractivity contribution < 1.29 is 80.2 Å². The molecule has 0 aliphatic carbocycles. The first kappa shape index (κ1) is 105. The van der Waals surface area contributed by atoms with E-state index in [-0.39, 0.29) is 25.7 Å². The van der Waals surface area contributed by atoms with Crippen molar-refractivity contribution in [2.24, 2.45) is 0 Å². The minimum absolute atomic E-state index is 0.00219. The van der Waals surface area contributed by atoms with Crippen molar-refractivity contribution in [3.8, 4) is 0 Å². The van der Waals surface area contributed by atoms with Gasteiger partial charge in [-0.25, -0.2) is 9.13 Å². The Labute approximate surface area is 677 Å². The van der Waals surface area contributed by atoms with Crippen LogP contribution in [0.3, 0.4) is 0 Å². The Hall–Kier alpha value is -6.62. The molecular formula is C93H146O17P2. The summed E-state index contributed by atoms with van der Waals surface area (Å²) < 4.78 is 68.6. The highest BCUT2D eigenvalue weighted by Gasteiger charge is 2.30. The Morgan fingerprint density at radius 2 is 0.464 bits per heavy atom. The van der Waals surface area contributed by atoms with E-state index >= 15 is 0 Å². The molecule has 0 aromatic heterocycles. The molecule has 0 fully saturated rings. The van der Waals surface area contributed by atoms with Crippen LogP contribution >= 0.6 is 15.6 Å². The molecule has 19 heteroatoms. The van der Waals surface area contributed by atoms with Gasteiger partial charge in [0.05, 0.1) is 26.4 Å². The molecule has 5 atom stereocenters. The smallest absolute Gasteiger partial charge is 0.462 e. The number of aliphatic hydroxyl groups is 1. The predicted molar refractivity (Wildman–Crippen MR) is 463 cm³/mol. The molecule has 0 aliphatic rings. The molecular weight excluding hydrogens is 1450 g/mol. The number of phosphoric ester groups is 2. The summed E-state index contributed by atoms with van der Waals surface area (Å²) in [4.78, 5) is 73.2. The minimum atomic E-state index is -5.02. The number of rotatable bonds is 76. The average molecular weight is 1600 g/mol. The molecule has 0 saturated heterocycles. The Balaban J connectivity index is 5.54. The zero-order chi connectivity index (χ0) is 81.7. The number of esters is 4. The molecule has 0 amide bonds. The van der Waals surface area contributed by atoms with E-state index in [0.29, 0.717) is 38.5 Å². The van der Waals surface area contributed by atoms with Crippen LogP contribution < -0.4 is 0 Å². The molecule has 0 aromatic carbocycles. The van der Waals surface area contributed by atoms with Gasteiger partial charge in [0.25, 0.3) is 0 Å². The Kier molecular flexibility index (Phi) is 77.5. The normalized spacial score (nSPS) is 14.9. The zero-order valence-corrected chi connectivity index (χ0v) is 70.8. The number of ether oxygens (including phenoxy) is 4. The van der Waals surface area contributed by atoms with Gasteiger partial charge in [0.1, 0.15) is 19.3 Å². The van der Waals surface area contributed by atoms with E-state index in [1.807, 2.05) is 30.4 Å². The van der Waals surface area contributed by atoms with Crippen LogP contribution in [0.4, 0.5) is 0 Å². The summed E-state index contributed by atoms with van der Waals surface area (Å²) in [5.41, 5.74) is 0. The highest BCUT2D eigenvalue weighted by Crippen LogP contribution is 2.45. The van der Waals surface area contributed by atoms with Gasteiger partial charge < -0.3 is 33.8 Å². The van der Waals surface area contributed by atoms with Gasteiger partial charge in [-0.1, -0.05) is 304 Å². The molecule has 0 radical (unpaired) electrons. The van der Waals surface area contributed by atoms with Crippen LogP contribution in [-0.4, -0.2) is 96.7 Å². The third kappa shape index (κ3) is 81.4. The minimum Gasteiger partial charge on any atom is -0.462 e. The van der Waals surface area contributed by atoms with E-state index in [0.717, 1.165) is 193 Å². The number of carbonyl (C=O) groups excluding carboxylic acids is 4. The summed E-state index contributed by atoms with van der Waals surface area (Å²) in [5, 5.41) is 10.7. The highest BCUT2D eigenvalue weighted by molar-refractivity contribution is 7.47. The summed E-state index contributed by atoms with van der Waals surface area (Å²) in [7, 11) is -10.0. The van der Waals surface area contributed by atoms with Crippen LogP contribution in [0.15, 0.2) is 219 Å². The van der Waals surface area contributed by atoms with Crippen LogP contribution in [0.25, 0.3) is 0 Å². The summed E-state index contributed by atoms with van der Waals surface area (Å²) >= 11 is 0. The number of unbranched alkanes of at least 4 members (excludes halogenated alkanes) is 14. The van der Waals surface area contributed by atoms with Gasteiger partial charge in [0, 0.05) is 25.7 Å². The average Bonchev–Trinajstić information content (AvgIpc) is 0.895. The van der Waals surface area contributed by atoms with Gasteiger partial charge in [0.2, 0.25) is 0 Å². The van der Waals surface area contributed by atoms with Crippen molar-refractivity contribution in [2.45, 2.75) is 303 Å². The van der Waals surface area contributed by atoms with Crippen molar-refractivity contribution in [1.82, 2.24) is 0 Å². The van der Waals surface area contributed by atoms with Crippen molar-refractivity contribution in [1.29, 1.82) is 0 Å². The molecule has 630 valence electrons. The van der Waals surface area contributed by atoms with E-state index < -0.39 is 97.5 Å². The molecule has 0 rings (SSSR count). The summed E-state index contributed by atoms with van der Waals surface area (Å²) in [6.07, 6.45) is 105. The Morgan fingerprint density at radius 1 is 0.250 bits per heavy atom. The highest BCUT2D eigenvalue weighted by atomic mass is 31.2. The number of carbonyl (C=O) groups is 4. The van der Waals surface area contributed by atoms with Gasteiger partial charge in [0.15, 0.2) is 12.2 Å². The summed E-state index contributed by atoms with van der Waals surface area (Å²) in [6, 6.07) is 0. The quantitative estimate of drug-likeness (QED) is 0.0169. The largest absolute Gasteiger partial charge is 0.472 e. The van der Waals surface area contributed by atoms with Crippen molar-refractivity contribution in [3.63, 3.8) is 0 Å². The molecule has 112 heavy (non-hydrogen) atoms. The zero-order valence-electron chi connectivity index (χ0n) is 69.0. The lowest BCUT2D eigenvalue weighted by atomic mass is 10.1. The second-order valence-electron chi connectivity index (χ2n) is 26.9. The summed E-state index contributed by atoms with van der Waals surface area (Å²) in [5.74, 6) is -2.39. The number of phosphoric acid groups is 2. The topological polar surface area (TPSA) is 237 Å². The lowest BCUT2D eigenvalue weighted by Crippen LogP contribution is -2.30.